The zero-order valence-electron chi connectivity index (χ0n) is 11.7. The molecule has 1 aliphatic rings. The minimum atomic E-state index is 0.192. The lowest BCUT2D eigenvalue weighted by molar-refractivity contribution is -0.117. The summed E-state index contributed by atoms with van der Waals surface area (Å²) in [4.78, 5) is 13.4. The first-order valence-electron chi connectivity index (χ1n) is 6.58. The molecule has 0 saturated carbocycles. The Morgan fingerprint density at radius 3 is 2.72 bits per heavy atom. The van der Waals surface area contributed by atoms with Crippen molar-refractivity contribution in [1.82, 2.24) is 5.32 Å². The van der Waals surface area contributed by atoms with Crippen LogP contribution in [-0.2, 0) is 11.2 Å². The highest BCUT2D eigenvalue weighted by molar-refractivity contribution is 6.00. The highest BCUT2D eigenvalue weighted by atomic mass is 16.2. The molecule has 0 bridgehead atoms. The molecule has 0 radical (unpaired) electrons. The normalized spacial score (nSPS) is 16.3. The Bertz CT molecular complexity index is 454. The highest BCUT2D eigenvalue weighted by Gasteiger charge is 2.25. The lowest BCUT2D eigenvalue weighted by Gasteiger charge is -2.22. The van der Waals surface area contributed by atoms with E-state index in [1.165, 1.54) is 11.1 Å². The van der Waals surface area contributed by atoms with Crippen molar-refractivity contribution in [3.05, 3.63) is 29.3 Å². The van der Waals surface area contributed by atoms with Crippen LogP contribution >= 0.6 is 0 Å². The summed E-state index contributed by atoms with van der Waals surface area (Å²) in [6, 6.07) is 6.45. The molecule has 1 aromatic carbocycles. The van der Waals surface area contributed by atoms with E-state index in [1.54, 1.807) is 4.90 Å². The van der Waals surface area contributed by atoms with Crippen molar-refractivity contribution < 1.29 is 4.79 Å². The van der Waals surface area contributed by atoms with Crippen LogP contribution in [0.2, 0.25) is 0 Å². The maximum atomic E-state index is 11.7. The maximum Gasteiger partial charge on any atom is 0.231 e. The molecule has 1 unspecified atom stereocenters. The SMILES string of the molecule is CNCC(c1ccc2c(c1)CC(=O)N2C)C(C)C. The number of hydrogen-bond donors (Lipinski definition) is 1. The summed E-state index contributed by atoms with van der Waals surface area (Å²) >= 11 is 0. The number of fused-ring (bicyclic) bond motifs is 1. The zero-order valence-corrected chi connectivity index (χ0v) is 11.7. The van der Waals surface area contributed by atoms with Gasteiger partial charge in [0, 0.05) is 19.3 Å². The number of nitrogens with zero attached hydrogens (tertiary/aromatic N) is 1. The molecule has 0 saturated heterocycles. The van der Waals surface area contributed by atoms with Gasteiger partial charge in [-0.1, -0.05) is 26.0 Å². The predicted octanol–water partition coefficient (Wildman–Crippen LogP) is 2.16. The van der Waals surface area contributed by atoms with Gasteiger partial charge in [0.05, 0.1) is 6.42 Å². The molecule has 3 heteroatoms. The largest absolute Gasteiger partial charge is 0.319 e. The maximum absolute atomic E-state index is 11.7. The smallest absolute Gasteiger partial charge is 0.231 e. The Kier molecular flexibility index (Phi) is 3.71. The molecule has 0 aromatic heterocycles. The number of anilines is 1. The van der Waals surface area contributed by atoms with E-state index in [2.05, 4.69) is 37.4 Å². The third kappa shape index (κ3) is 2.27. The van der Waals surface area contributed by atoms with Crippen LogP contribution < -0.4 is 10.2 Å². The van der Waals surface area contributed by atoms with Gasteiger partial charge in [-0.3, -0.25) is 4.79 Å². The van der Waals surface area contributed by atoms with E-state index in [0.29, 0.717) is 18.3 Å². The van der Waals surface area contributed by atoms with Gasteiger partial charge in [0.2, 0.25) is 5.91 Å². The van der Waals surface area contributed by atoms with E-state index in [4.69, 9.17) is 0 Å². The lowest BCUT2D eigenvalue weighted by Crippen LogP contribution is -2.21. The minimum Gasteiger partial charge on any atom is -0.319 e. The average Bonchev–Trinajstić information content (AvgIpc) is 2.61. The molecule has 0 spiro atoms. The van der Waals surface area contributed by atoms with Crippen molar-refractivity contribution in [1.29, 1.82) is 0 Å². The molecule has 98 valence electrons. The number of amides is 1. The van der Waals surface area contributed by atoms with Gasteiger partial charge in [0.15, 0.2) is 0 Å². The van der Waals surface area contributed by atoms with Gasteiger partial charge in [-0.2, -0.15) is 0 Å². The van der Waals surface area contributed by atoms with Gasteiger partial charge in [0.1, 0.15) is 0 Å². The molecular weight excluding hydrogens is 224 g/mol. The summed E-state index contributed by atoms with van der Waals surface area (Å²) in [6.07, 6.45) is 0.546. The number of hydrogen-bond acceptors (Lipinski definition) is 2. The fourth-order valence-electron chi connectivity index (χ4n) is 2.68. The average molecular weight is 246 g/mol. The summed E-state index contributed by atoms with van der Waals surface area (Å²) < 4.78 is 0. The second kappa shape index (κ2) is 5.11. The number of carbonyl (C=O) groups excluding carboxylic acids is 1. The Hall–Kier alpha value is -1.35. The summed E-state index contributed by atoms with van der Waals surface area (Å²) in [5.74, 6) is 1.28. The van der Waals surface area contributed by atoms with Crippen molar-refractivity contribution in [3.8, 4) is 0 Å². The van der Waals surface area contributed by atoms with Crippen LogP contribution in [0.4, 0.5) is 5.69 Å². The predicted molar refractivity (Wildman–Crippen MR) is 75.1 cm³/mol. The number of carbonyl (C=O) groups is 1. The standard InChI is InChI=1S/C15H22N2O/c1-10(2)13(9-16-3)11-5-6-14-12(7-11)8-15(18)17(14)4/h5-7,10,13,16H,8-9H2,1-4H3. The summed E-state index contributed by atoms with van der Waals surface area (Å²) in [7, 11) is 3.83. The van der Waals surface area contributed by atoms with E-state index < -0.39 is 0 Å². The molecule has 2 rings (SSSR count). The van der Waals surface area contributed by atoms with E-state index in [9.17, 15) is 4.79 Å². The molecular formula is C15H22N2O. The molecule has 1 atom stereocenters. The molecule has 1 amide bonds. The Morgan fingerprint density at radius 1 is 1.39 bits per heavy atom. The van der Waals surface area contributed by atoms with Gasteiger partial charge >= 0.3 is 0 Å². The van der Waals surface area contributed by atoms with Crippen LogP contribution in [0, 0.1) is 5.92 Å². The van der Waals surface area contributed by atoms with E-state index >= 15 is 0 Å². The third-order valence-corrected chi connectivity index (χ3v) is 3.84. The summed E-state index contributed by atoms with van der Waals surface area (Å²) in [6.45, 7) is 5.46. The van der Waals surface area contributed by atoms with Crippen LogP contribution in [-0.4, -0.2) is 26.5 Å². The van der Waals surface area contributed by atoms with Gasteiger partial charge in [0.25, 0.3) is 0 Å². The highest BCUT2D eigenvalue weighted by Crippen LogP contribution is 2.32. The van der Waals surface area contributed by atoms with Gasteiger partial charge in [-0.25, -0.2) is 0 Å². The Balaban J connectivity index is 2.32. The second-order valence-corrected chi connectivity index (χ2v) is 5.43. The number of likely N-dealkylation sites (N-methyl/N-ethyl adjacent to an activating group) is 2. The van der Waals surface area contributed by atoms with Crippen LogP contribution in [0.15, 0.2) is 18.2 Å². The van der Waals surface area contributed by atoms with Gasteiger partial charge < -0.3 is 10.2 Å². The minimum absolute atomic E-state index is 0.192. The number of rotatable bonds is 4. The number of nitrogens with one attached hydrogen (secondary N) is 1. The van der Waals surface area contributed by atoms with Crippen LogP contribution in [0.5, 0.6) is 0 Å². The number of benzene rings is 1. The molecule has 1 aromatic rings. The van der Waals surface area contributed by atoms with Crippen LogP contribution in [0.25, 0.3) is 0 Å². The summed E-state index contributed by atoms with van der Waals surface area (Å²) in [5.41, 5.74) is 3.57. The molecule has 1 heterocycles. The molecule has 3 nitrogen and oxygen atoms in total. The van der Waals surface area contributed by atoms with Crippen LogP contribution in [0.1, 0.15) is 30.9 Å². The Morgan fingerprint density at radius 2 is 2.11 bits per heavy atom. The first kappa shape index (κ1) is 13.1. The van der Waals surface area contributed by atoms with E-state index in [0.717, 1.165) is 12.2 Å². The summed E-state index contributed by atoms with van der Waals surface area (Å²) in [5, 5.41) is 3.26. The Labute approximate surface area is 109 Å². The molecule has 1 N–H and O–H groups in total. The topological polar surface area (TPSA) is 32.3 Å². The monoisotopic (exact) mass is 246 g/mol. The van der Waals surface area contributed by atoms with Gasteiger partial charge in [-0.05, 0) is 36.1 Å². The molecule has 18 heavy (non-hydrogen) atoms. The molecule has 0 aliphatic carbocycles. The fraction of sp³-hybridized carbons (Fsp3) is 0.533. The van der Waals surface area contributed by atoms with Crippen molar-refractivity contribution >= 4 is 11.6 Å². The lowest BCUT2D eigenvalue weighted by atomic mass is 9.87. The van der Waals surface area contributed by atoms with Crippen LogP contribution in [0.3, 0.4) is 0 Å². The molecule has 0 fully saturated rings. The van der Waals surface area contributed by atoms with Gasteiger partial charge in [-0.15, -0.1) is 0 Å². The van der Waals surface area contributed by atoms with Crippen molar-refractivity contribution in [2.45, 2.75) is 26.2 Å². The third-order valence-electron chi connectivity index (χ3n) is 3.84. The fourth-order valence-corrected chi connectivity index (χ4v) is 2.68. The van der Waals surface area contributed by atoms with Crippen molar-refractivity contribution in [2.75, 3.05) is 25.5 Å². The first-order valence-corrected chi connectivity index (χ1v) is 6.58. The first-order chi connectivity index (χ1) is 8.54. The quantitative estimate of drug-likeness (QED) is 0.883. The van der Waals surface area contributed by atoms with E-state index in [1.807, 2.05) is 14.1 Å². The molecule has 1 aliphatic heterocycles. The second-order valence-electron chi connectivity index (χ2n) is 5.43. The van der Waals surface area contributed by atoms with Crippen molar-refractivity contribution in [3.63, 3.8) is 0 Å². The van der Waals surface area contributed by atoms with E-state index in [-0.39, 0.29) is 5.91 Å². The van der Waals surface area contributed by atoms with Crippen molar-refractivity contribution in [2.24, 2.45) is 5.92 Å². The zero-order chi connectivity index (χ0) is 13.3.